The van der Waals surface area contributed by atoms with Crippen molar-refractivity contribution < 1.29 is 47.5 Å². The molecular weight excluding hydrogens is 529 g/mol. The first-order valence-corrected chi connectivity index (χ1v) is 15.6. The van der Waals surface area contributed by atoms with Gasteiger partial charge in [0.2, 0.25) is 0 Å². The fraction of sp³-hybridized carbons (Fsp3) is 0.815. The van der Waals surface area contributed by atoms with Gasteiger partial charge in [0.1, 0.15) is 12.6 Å². The molecule has 0 rings (SSSR count). The number of phosphoric acid groups is 1. The van der Waals surface area contributed by atoms with E-state index < -0.39 is 51.1 Å². The molecule has 11 nitrogen and oxygen atoms in total. The molecule has 0 saturated carbocycles. The number of aliphatic carboxylic acids is 1. The zero-order chi connectivity index (χ0) is 29.4. The number of carboxylic acid groups (broad SMARTS) is 1. The number of hydrogen-bond donors (Lipinski definition) is 3. The second-order valence-corrected chi connectivity index (χ2v) is 11.1. The van der Waals surface area contributed by atoms with Gasteiger partial charge in [0.05, 0.1) is 13.2 Å². The molecular formula is C27H50NO10P. The van der Waals surface area contributed by atoms with Crippen LogP contribution in [0, 0.1) is 0 Å². The van der Waals surface area contributed by atoms with Crippen LogP contribution in [-0.2, 0) is 37.5 Å². The molecule has 228 valence electrons. The summed E-state index contributed by atoms with van der Waals surface area (Å²) in [5, 5.41) is 8.70. The van der Waals surface area contributed by atoms with Crippen LogP contribution in [0.1, 0.15) is 110 Å². The summed E-state index contributed by atoms with van der Waals surface area (Å²) in [5.74, 6) is -2.59. The van der Waals surface area contributed by atoms with Gasteiger partial charge >= 0.3 is 25.7 Å². The normalized spacial score (nSPS) is 14.6. The van der Waals surface area contributed by atoms with E-state index in [0.717, 1.165) is 38.5 Å². The Bertz CT molecular complexity index is 746. The van der Waals surface area contributed by atoms with Crippen LogP contribution in [0.5, 0.6) is 0 Å². The van der Waals surface area contributed by atoms with Gasteiger partial charge in [0.25, 0.3) is 0 Å². The predicted molar refractivity (Wildman–Crippen MR) is 148 cm³/mol. The lowest BCUT2D eigenvalue weighted by Gasteiger charge is -2.20. The fourth-order valence-electron chi connectivity index (χ4n) is 3.55. The average molecular weight is 580 g/mol. The summed E-state index contributed by atoms with van der Waals surface area (Å²) in [6.45, 7) is 1.68. The molecule has 0 saturated heterocycles. The molecule has 3 unspecified atom stereocenters. The summed E-state index contributed by atoms with van der Waals surface area (Å²) in [6.07, 6.45) is 19.7. The van der Waals surface area contributed by atoms with Crippen molar-refractivity contribution in [2.75, 3.05) is 19.8 Å². The van der Waals surface area contributed by atoms with Crippen LogP contribution in [0.3, 0.4) is 0 Å². The van der Waals surface area contributed by atoms with Crippen molar-refractivity contribution in [2.45, 2.75) is 122 Å². The largest absolute Gasteiger partial charge is 0.480 e. The standard InChI is InChI=1S/C27H50NO10P/c1-3-4-5-6-7-8-9-10-11-12-13-14-15-16-17-18-19-26(30)38-24(20-35-23(2)29)21-36-39(33,34)37-22-25(28)27(31)32/h11-12,24-25H,3-10,13-22,28H2,1-2H3,(H,31,32)(H,33,34)/b12-11-. The SMILES string of the molecule is CCCCCCCCC/C=C\CCCCCCCC(=O)OC(COC(C)=O)COP(=O)(O)OCC(N)C(=O)O. The monoisotopic (exact) mass is 579 g/mol. The van der Waals surface area contributed by atoms with Gasteiger partial charge in [-0.3, -0.25) is 23.4 Å². The van der Waals surface area contributed by atoms with E-state index in [1.54, 1.807) is 0 Å². The molecule has 0 aliphatic heterocycles. The molecule has 4 N–H and O–H groups in total. The number of rotatable bonds is 26. The molecule has 0 aliphatic rings. The number of ether oxygens (including phenoxy) is 2. The summed E-state index contributed by atoms with van der Waals surface area (Å²) in [7, 11) is -4.67. The van der Waals surface area contributed by atoms with E-state index in [1.807, 2.05) is 0 Å². The van der Waals surface area contributed by atoms with Crippen LogP contribution in [0.25, 0.3) is 0 Å². The number of carboxylic acids is 1. The van der Waals surface area contributed by atoms with Crippen molar-refractivity contribution in [3.8, 4) is 0 Å². The van der Waals surface area contributed by atoms with Gasteiger partial charge in [-0.15, -0.1) is 0 Å². The van der Waals surface area contributed by atoms with E-state index in [4.69, 9.17) is 24.8 Å². The maximum Gasteiger partial charge on any atom is 0.472 e. The number of phosphoric ester groups is 1. The minimum Gasteiger partial charge on any atom is -0.480 e. The number of nitrogens with two attached hydrogens (primary N) is 1. The molecule has 39 heavy (non-hydrogen) atoms. The lowest BCUT2D eigenvalue weighted by atomic mass is 10.1. The van der Waals surface area contributed by atoms with Gasteiger partial charge in [0, 0.05) is 13.3 Å². The van der Waals surface area contributed by atoms with Crippen LogP contribution in [0.15, 0.2) is 12.2 Å². The highest BCUT2D eigenvalue weighted by molar-refractivity contribution is 7.47. The number of unbranched alkanes of at least 4 members (excludes halogenated alkanes) is 12. The molecule has 3 atom stereocenters. The Labute approximate surface area is 233 Å². The maximum absolute atomic E-state index is 12.2. The molecule has 0 bridgehead atoms. The molecule has 0 heterocycles. The van der Waals surface area contributed by atoms with Crippen LogP contribution < -0.4 is 5.73 Å². The predicted octanol–water partition coefficient (Wildman–Crippen LogP) is 5.43. The van der Waals surface area contributed by atoms with Gasteiger partial charge in [-0.2, -0.15) is 0 Å². The Morgan fingerprint density at radius 2 is 1.33 bits per heavy atom. The van der Waals surface area contributed by atoms with Crippen molar-refractivity contribution in [1.82, 2.24) is 0 Å². The van der Waals surface area contributed by atoms with Crippen LogP contribution in [0.4, 0.5) is 0 Å². The van der Waals surface area contributed by atoms with Gasteiger partial charge < -0.3 is 25.2 Å². The van der Waals surface area contributed by atoms with Crippen molar-refractivity contribution in [2.24, 2.45) is 5.73 Å². The van der Waals surface area contributed by atoms with Crippen LogP contribution >= 0.6 is 7.82 Å². The Kier molecular flexibility index (Phi) is 23.0. The highest BCUT2D eigenvalue weighted by Gasteiger charge is 2.27. The topological polar surface area (TPSA) is 172 Å². The maximum atomic E-state index is 12.2. The van der Waals surface area contributed by atoms with Crippen LogP contribution in [-0.4, -0.2) is 59.9 Å². The minimum atomic E-state index is -4.67. The molecule has 0 aliphatic carbocycles. The first-order chi connectivity index (χ1) is 18.6. The number of esters is 2. The summed E-state index contributed by atoms with van der Waals surface area (Å²) < 4.78 is 31.3. The van der Waals surface area contributed by atoms with Gasteiger partial charge in [0.15, 0.2) is 6.10 Å². The molecule has 0 aromatic rings. The number of allylic oxidation sites excluding steroid dienone is 2. The van der Waals surface area contributed by atoms with Crippen molar-refractivity contribution >= 4 is 25.7 Å². The zero-order valence-corrected chi connectivity index (χ0v) is 24.6. The molecule has 0 aromatic carbocycles. The van der Waals surface area contributed by atoms with E-state index in [1.165, 1.54) is 51.9 Å². The van der Waals surface area contributed by atoms with Crippen molar-refractivity contribution in [3.63, 3.8) is 0 Å². The molecule has 0 fully saturated rings. The van der Waals surface area contributed by atoms with Gasteiger partial charge in [-0.1, -0.05) is 76.9 Å². The van der Waals surface area contributed by atoms with Gasteiger partial charge in [-0.25, -0.2) is 4.57 Å². The third kappa shape index (κ3) is 25.0. The smallest absolute Gasteiger partial charge is 0.472 e. The summed E-state index contributed by atoms with van der Waals surface area (Å²) in [6, 6.07) is -1.51. The zero-order valence-electron chi connectivity index (χ0n) is 23.7. The number of carbonyl (C=O) groups is 3. The minimum absolute atomic E-state index is 0.148. The summed E-state index contributed by atoms with van der Waals surface area (Å²) in [4.78, 5) is 43.7. The van der Waals surface area contributed by atoms with Crippen LogP contribution in [0.2, 0.25) is 0 Å². The molecule has 12 heteroatoms. The Morgan fingerprint density at radius 1 is 0.821 bits per heavy atom. The lowest BCUT2D eigenvalue weighted by molar-refractivity contribution is -0.160. The van der Waals surface area contributed by atoms with Crippen molar-refractivity contribution in [3.05, 3.63) is 12.2 Å². The molecule has 0 aromatic heterocycles. The Balaban J connectivity index is 4.05. The second kappa shape index (κ2) is 24.1. The second-order valence-electron chi connectivity index (χ2n) is 9.61. The highest BCUT2D eigenvalue weighted by Crippen LogP contribution is 2.43. The fourth-order valence-corrected chi connectivity index (χ4v) is 4.33. The first-order valence-electron chi connectivity index (χ1n) is 14.2. The van der Waals surface area contributed by atoms with E-state index in [-0.39, 0.29) is 13.0 Å². The lowest BCUT2D eigenvalue weighted by Crippen LogP contribution is -2.34. The molecule has 0 radical (unpaired) electrons. The van der Waals surface area contributed by atoms with E-state index in [0.29, 0.717) is 6.42 Å². The van der Waals surface area contributed by atoms with Gasteiger partial charge in [-0.05, 0) is 32.1 Å². The summed E-state index contributed by atoms with van der Waals surface area (Å²) >= 11 is 0. The third-order valence-electron chi connectivity index (χ3n) is 5.82. The Hall–Kier alpha value is -1.78. The van der Waals surface area contributed by atoms with Crippen molar-refractivity contribution in [1.29, 1.82) is 0 Å². The van der Waals surface area contributed by atoms with E-state index >= 15 is 0 Å². The quantitative estimate of drug-likeness (QED) is 0.0516. The Morgan fingerprint density at radius 3 is 1.87 bits per heavy atom. The third-order valence-corrected chi connectivity index (χ3v) is 6.77. The van der Waals surface area contributed by atoms with E-state index in [2.05, 4.69) is 23.6 Å². The average Bonchev–Trinajstić information content (AvgIpc) is 2.88. The highest BCUT2D eigenvalue weighted by atomic mass is 31.2. The number of carbonyl (C=O) groups excluding carboxylic acids is 2. The summed E-state index contributed by atoms with van der Waals surface area (Å²) in [5.41, 5.74) is 5.22. The van der Waals surface area contributed by atoms with E-state index in [9.17, 15) is 23.8 Å². The molecule has 0 amide bonds. The molecule has 0 spiro atoms. The first kappa shape index (κ1) is 37.2. The number of hydrogen-bond acceptors (Lipinski definition) is 9.